The number of hydrogen-bond acceptors (Lipinski definition) is 4. The Morgan fingerprint density at radius 1 is 1.52 bits per heavy atom. The number of nitrogens with zero attached hydrogens (tertiary/aromatic N) is 1. The van der Waals surface area contributed by atoms with Gasteiger partial charge in [-0.3, -0.25) is 0 Å². The van der Waals surface area contributed by atoms with Crippen LogP contribution in [0.2, 0.25) is 0 Å². The SMILES string of the molecule is COCCNC1(c2nc(C)cs2)CCCC(CC(C)C)C1. The monoisotopic (exact) mass is 310 g/mol. The molecule has 0 aromatic carbocycles. The Morgan fingerprint density at radius 2 is 2.33 bits per heavy atom. The van der Waals surface area contributed by atoms with Crippen molar-refractivity contribution in [1.82, 2.24) is 10.3 Å². The number of thiazole rings is 1. The molecule has 1 aromatic rings. The highest BCUT2D eigenvalue weighted by Gasteiger charge is 2.39. The van der Waals surface area contributed by atoms with Crippen LogP contribution in [0.1, 0.15) is 56.7 Å². The Hall–Kier alpha value is -0.450. The fourth-order valence-electron chi connectivity index (χ4n) is 3.65. The molecule has 1 N–H and O–H groups in total. The summed E-state index contributed by atoms with van der Waals surface area (Å²) in [4.78, 5) is 4.81. The summed E-state index contributed by atoms with van der Waals surface area (Å²) in [6.07, 6.45) is 6.43. The fraction of sp³-hybridized carbons (Fsp3) is 0.824. The van der Waals surface area contributed by atoms with E-state index in [0.29, 0.717) is 0 Å². The van der Waals surface area contributed by atoms with Crippen molar-refractivity contribution in [2.45, 2.75) is 58.4 Å². The Balaban J connectivity index is 2.14. The van der Waals surface area contributed by atoms with Crippen molar-refractivity contribution < 1.29 is 4.74 Å². The molecule has 1 aromatic heterocycles. The lowest BCUT2D eigenvalue weighted by Crippen LogP contribution is -2.47. The van der Waals surface area contributed by atoms with E-state index in [2.05, 4.69) is 31.5 Å². The van der Waals surface area contributed by atoms with E-state index in [9.17, 15) is 0 Å². The van der Waals surface area contributed by atoms with Crippen molar-refractivity contribution in [3.8, 4) is 0 Å². The zero-order chi connectivity index (χ0) is 15.3. The average Bonchev–Trinajstić information content (AvgIpc) is 2.86. The van der Waals surface area contributed by atoms with E-state index in [1.165, 1.54) is 37.1 Å². The average molecular weight is 311 g/mol. The first-order valence-electron chi connectivity index (χ1n) is 8.22. The van der Waals surface area contributed by atoms with E-state index < -0.39 is 0 Å². The highest BCUT2D eigenvalue weighted by atomic mass is 32.1. The van der Waals surface area contributed by atoms with Gasteiger partial charge in [-0.25, -0.2) is 4.98 Å². The fourth-order valence-corrected chi connectivity index (χ4v) is 4.67. The molecule has 1 aliphatic carbocycles. The number of aromatic nitrogens is 1. The van der Waals surface area contributed by atoms with Gasteiger partial charge in [0, 0.05) is 24.7 Å². The summed E-state index contributed by atoms with van der Waals surface area (Å²) >= 11 is 1.82. The molecule has 21 heavy (non-hydrogen) atoms. The van der Waals surface area contributed by atoms with Crippen LogP contribution in [0, 0.1) is 18.8 Å². The Kier molecular flexibility index (Phi) is 6.20. The van der Waals surface area contributed by atoms with Crippen molar-refractivity contribution in [2.24, 2.45) is 11.8 Å². The second kappa shape index (κ2) is 7.70. The van der Waals surface area contributed by atoms with Crippen LogP contribution in [-0.2, 0) is 10.3 Å². The zero-order valence-corrected chi connectivity index (χ0v) is 14.8. The van der Waals surface area contributed by atoms with Gasteiger partial charge in [-0.15, -0.1) is 11.3 Å². The van der Waals surface area contributed by atoms with Gasteiger partial charge in [-0.1, -0.05) is 26.7 Å². The minimum atomic E-state index is 0.0786. The Morgan fingerprint density at radius 3 is 2.95 bits per heavy atom. The topological polar surface area (TPSA) is 34.1 Å². The maximum Gasteiger partial charge on any atom is 0.113 e. The lowest BCUT2D eigenvalue weighted by Gasteiger charge is -2.41. The first-order chi connectivity index (χ1) is 10.1. The molecule has 4 heteroatoms. The summed E-state index contributed by atoms with van der Waals surface area (Å²) in [5.74, 6) is 1.60. The van der Waals surface area contributed by atoms with Gasteiger partial charge in [-0.05, 0) is 38.0 Å². The smallest absolute Gasteiger partial charge is 0.113 e. The van der Waals surface area contributed by atoms with Crippen molar-refractivity contribution in [2.75, 3.05) is 20.3 Å². The van der Waals surface area contributed by atoms with Crippen LogP contribution in [0.5, 0.6) is 0 Å². The van der Waals surface area contributed by atoms with E-state index in [4.69, 9.17) is 9.72 Å². The lowest BCUT2D eigenvalue weighted by atomic mass is 9.73. The first kappa shape index (κ1) is 16.9. The second-order valence-electron chi connectivity index (χ2n) is 6.89. The zero-order valence-electron chi connectivity index (χ0n) is 13.9. The van der Waals surface area contributed by atoms with Crippen molar-refractivity contribution in [1.29, 1.82) is 0 Å². The van der Waals surface area contributed by atoms with Crippen molar-refractivity contribution in [3.05, 3.63) is 16.1 Å². The summed E-state index contributed by atoms with van der Waals surface area (Å²) in [6, 6.07) is 0. The van der Waals surface area contributed by atoms with Crippen molar-refractivity contribution in [3.63, 3.8) is 0 Å². The van der Waals surface area contributed by atoms with Gasteiger partial charge in [0.2, 0.25) is 0 Å². The van der Waals surface area contributed by atoms with Gasteiger partial charge in [0.1, 0.15) is 5.01 Å². The second-order valence-corrected chi connectivity index (χ2v) is 7.75. The standard InChI is InChI=1S/C17H30N2OS/c1-13(2)10-15-6-5-7-17(11-15,18-8-9-20-4)16-19-14(3)12-21-16/h12-13,15,18H,5-11H2,1-4H3. The van der Waals surface area contributed by atoms with E-state index >= 15 is 0 Å². The number of hydrogen-bond donors (Lipinski definition) is 1. The van der Waals surface area contributed by atoms with E-state index in [0.717, 1.165) is 30.7 Å². The molecule has 1 saturated carbocycles. The number of methoxy groups -OCH3 is 1. The molecule has 2 unspecified atom stereocenters. The summed E-state index contributed by atoms with van der Waals surface area (Å²) in [7, 11) is 1.77. The molecule has 2 atom stereocenters. The molecule has 2 rings (SSSR count). The summed E-state index contributed by atoms with van der Waals surface area (Å²) in [5, 5.41) is 7.26. The van der Waals surface area contributed by atoms with Crippen LogP contribution in [-0.4, -0.2) is 25.2 Å². The summed E-state index contributed by atoms with van der Waals surface area (Å²) in [6.45, 7) is 8.44. The van der Waals surface area contributed by atoms with Gasteiger partial charge < -0.3 is 10.1 Å². The van der Waals surface area contributed by atoms with Crippen LogP contribution < -0.4 is 5.32 Å². The highest BCUT2D eigenvalue weighted by molar-refractivity contribution is 7.09. The van der Waals surface area contributed by atoms with E-state index in [1.54, 1.807) is 7.11 Å². The molecule has 120 valence electrons. The predicted molar refractivity (Wildman–Crippen MR) is 89.8 cm³/mol. The molecule has 1 fully saturated rings. The van der Waals surface area contributed by atoms with Crippen LogP contribution in [0.3, 0.4) is 0 Å². The molecule has 0 amide bonds. The highest BCUT2D eigenvalue weighted by Crippen LogP contribution is 2.43. The molecule has 0 radical (unpaired) electrons. The molecule has 1 heterocycles. The third-order valence-electron chi connectivity index (χ3n) is 4.46. The van der Waals surface area contributed by atoms with Crippen LogP contribution in [0.4, 0.5) is 0 Å². The normalized spacial score (nSPS) is 26.4. The van der Waals surface area contributed by atoms with Gasteiger partial charge >= 0.3 is 0 Å². The minimum Gasteiger partial charge on any atom is -0.383 e. The van der Waals surface area contributed by atoms with E-state index in [1.807, 2.05) is 11.3 Å². The van der Waals surface area contributed by atoms with Crippen LogP contribution in [0.25, 0.3) is 0 Å². The predicted octanol–water partition coefficient (Wildman–Crippen LogP) is 4.12. The maximum absolute atomic E-state index is 5.23. The van der Waals surface area contributed by atoms with Crippen LogP contribution >= 0.6 is 11.3 Å². The van der Waals surface area contributed by atoms with Crippen LogP contribution in [0.15, 0.2) is 5.38 Å². The summed E-state index contributed by atoms with van der Waals surface area (Å²) < 4.78 is 5.23. The Bertz CT molecular complexity index is 432. The molecule has 0 spiro atoms. The summed E-state index contributed by atoms with van der Waals surface area (Å²) in [5.41, 5.74) is 1.23. The van der Waals surface area contributed by atoms with Gasteiger partial charge in [-0.2, -0.15) is 0 Å². The first-order valence-corrected chi connectivity index (χ1v) is 9.10. The molecule has 0 aliphatic heterocycles. The molecule has 0 bridgehead atoms. The molecule has 0 saturated heterocycles. The maximum atomic E-state index is 5.23. The third kappa shape index (κ3) is 4.51. The molecular formula is C17H30N2OS. The quantitative estimate of drug-likeness (QED) is 0.769. The van der Waals surface area contributed by atoms with Gasteiger partial charge in [0.05, 0.1) is 12.1 Å². The number of rotatable bonds is 7. The van der Waals surface area contributed by atoms with E-state index in [-0.39, 0.29) is 5.54 Å². The number of aryl methyl sites for hydroxylation is 1. The number of ether oxygens (including phenoxy) is 1. The third-order valence-corrected chi connectivity index (χ3v) is 5.62. The lowest BCUT2D eigenvalue weighted by molar-refractivity contribution is 0.136. The number of nitrogens with one attached hydrogen (secondary N) is 1. The molecule has 3 nitrogen and oxygen atoms in total. The molecular weight excluding hydrogens is 280 g/mol. The molecule has 1 aliphatic rings. The largest absolute Gasteiger partial charge is 0.383 e. The minimum absolute atomic E-state index is 0.0786. The van der Waals surface area contributed by atoms with Gasteiger partial charge in [0.15, 0.2) is 0 Å². The van der Waals surface area contributed by atoms with Crippen molar-refractivity contribution >= 4 is 11.3 Å². The Labute approximate surface area is 133 Å². The van der Waals surface area contributed by atoms with Gasteiger partial charge in [0.25, 0.3) is 0 Å².